The van der Waals surface area contributed by atoms with Crippen LogP contribution in [-0.4, -0.2) is 6.43 Å². The van der Waals surface area contributed by atoms with E-state index in [9.17, 15) is 8.78 Å². The van der Waals surface area contributed by atoms with E-state index < -0.39 is 6.43 Å². The molecule has 0 saturated carbocycles. The van der Waals surface area contributed by atoms with E-state index in [0.717, 1.165) is 0 Å². The van der Waals surface area contributed by atoms with Crippen molar-refractivity contribution in [3.8, 4) is 0 Å². The van der Waals surface area contributed by atoms with E-state index >= 15 is 0 Å². The Morgan fingerprint density at radius 3 is 2.50 bits per heavy atom. The Labute approximate surface area is 46.5 Å². The fourth-order valence-electron chi connectivity index (χ4n) is 0.626. The summed E-state index contributed by atoms with van der Waals surface area (Å²) >= 11 is 0. The molecule has 0 spiro atoms. The predicted molar refractivity (Wildman–Crippen MR) is 27.8 cm³/mol. The van der Waals surface area contributed by atoms with Crippen molar-refractivity contribution in [2.24, 2.45) is 0 Å². The zero-order valence-electron chi connectivity index (χ0n) is 4.27. The first-order chi connectivity index (χ1) is 3.80. The van der Waals surface area contributed by atoms with Gasteiger partial charge in [-0.25, -0.2) is 8.78 Å². The Morgan fingerprint density at radius 2 is 2.25 bits per heavy atom. The zero-order chi connectivity index (χ0) is 5.98. The zero-order valence-corrected chi connectivity index (χ0v) is 4.27. The van der Waals surface area contributed by atoms with Gasteiger partial charge in [0.1, 0.15) is 0 Å². The van der Waals surface area contributed by atoms with Crippen LogP contribution in [-0.2, 0) is 0 Å². The van der Waals surface area contributed by atoms with Crippen LogP contribution in [0.15, 0.2) is 23.8 Å². The Hall–Kier alpha value is -0.660. The number of alkyl halides is 2. The van der Waals surface area contributed by atoms with Crippen LogP contribution in [0, 0.1) is 0 Å². The summed E-state index contributed by atoms with van der Waals surface area (Å²) in [5.74, 6) is 0. The highest BCUT2D eigenvalue weighted by molar-refractivity contribution is 5.24. The smallest absolute Gasteiger partial charge is 0.205 e. The number of allylic oxidation sites excluding steroid dienone is 4. The SMILES string of the molecule is FC(F)C1=CC=CC1. The van der Waals surface area contributed by atoms with Gasteiger partial charge in [-0.15, -0.1) is 0 Å². The van der Waals surface area contributed by atoms with E-state index in [0.29, 0.717) is 6.42 Å². The first-order valence-corrected chi connectivity index (χ1v) is 2.44. The first-order valence-electron chi connectivity index (χ1n) is 2.44. The van der Waals surface area contributed by atoms with Crippen LogP contribution >= 0.6 is 0 Å². The third-order valence-electron chi connectivity index (χ3n) is 1.08. The lowest BCUT2D eigenvalue weighted by molar-refractivity contribution is 0.188. The molecule has 0 N–H and O–H groups in total. The molecule has 0 aromatic rings. The monoisotopic (exact) mass is 116 g/mol. The summed E-state index contributed by atoms with van der Waals surface area (Å²) in [6, 6.07) is 0. The van der Waals surface area contributed by atoms with E-state index in [-0.39, 0.29) is 5.57 Å². The van der Waals surface area contributed by atoms with Crippen molar-refractivity contribution < 1.29 is 8.78 Å². The number of rotatable bonds is 1. The van der Waals surface area contributed by atoms with Crippen LogP contribution in [0.3, 0.4) is 0 Å². The van der Waals surface area contributed by atoms with Crippen molar-refractivity contribution in [3.05, 3.63) is 23.8 Å². The molecular formula is C6H6F2. The second-order valence-electron chi connectivity index (χ2n) is 1.67. The van der Waals surface area contributed by atoms with Gasteiger partial charge < -0.3 is 0 Å². The predicted octanol–water partition coefficient (Wildman–Crippen LogP) is 2.14. The van der Waals surface area contributed by atoms with Gasteiger partial charge in [0.25, 0.3) is 6.43 Å². The second kappa shape index (κ2) is 2.07. The number of halogens is 2. The molecule has 0 bridgehead atoms. The normalized spacial score (nSPS) is 17.6. The highest BCUT2D eigenvalue weighted by Crippen LogP contribution is 2.17. The van der Waals surface area contributed by atoms with Gasteiger partial charge in [-0.3, -0.25) is 0 Å². The van der Waals surface area contributed by atoms with Crippen LogP contribution in [0.2, 0.25) is 0 Å². The van der Waals surface area contributed by atoms with Gasteiger partial charge in [-0.2, -0.15) is 0 Å². The highest BCUT2D eigenvalue weighted by Gasteiger charge is 2.09. The molecule has 0 aliphatic heterocycles. The fraction of sp³-hybridized carbons (Fsp3) is 0.333. The van der Waals surface area contributed by atoms with E-state index in [1.165, 1.54) is 6.08 Å². The fourth-order valence-corrected chi connectivity index (χ4v) is 0.626. The molecule has 1 aliphatic rings. The maximum absolute atomic E-state index is 11.6. The van der Waals surface area contributed by atoms with Crippen molar-refractivity contribution in [2.75, 3.05) is 0 Å². The first kappa shape index (κ1) is 5.48. The number of hydrogen-bond donors (Lipinski definition) is 0. The van der Waals surface area contributed by atoms with Gasteiger partial charge in [-0.1, -0.05) is 18.2 Å². The molecule has 1 aliphatic carbocycles. The van der Waals surface area contributed by atoms with Crippen LogP contribution in [0.1, 0.15) is 6.42 Å². The average Bonchev–Trinajstić information content (AvgIpc) is 2.12. The van der Waals surface area contributed by atoms with E-state index in [1.54, 1.807) is 12.2 Å². The molecule has 1 rings (SSSR count). The maximum atomic E-state index is 11.6. The summed E-state index contributed by atoms with van der Waals surface area (Å²) in [4.78, 5) is 0. The second-order valence-corrected chi connectivity index (χ2v) is 1.67. The van der Waals surface area contributed by atoms with Crippen LogP contribution in [0.25, 0.3) is 0 Å². The Balaban J connectivity index is 2.51. The molecule has 0 aromatic heterocycles. The van der Waals surface area contributed by atoms with Crippen LogP contribution in [0.5, 0.6) is 0 Å². The van der Waals surface area contributed by atoms with Crippen molar-refractivity contribution >= 4 is 0 Å². The summed E-state index contributed by atoms with van der Waals surface area (Å²) in [6.07, 6.45) is 3.01. The highest BCUT2D eigenvalue weighted by atomic mass is 19.3. The Bertz CT molecular complexity index is 133. The molecular weight excluding hydrogens is 110 g/mol. The van der Waals surface area contributed by atoms with Gasteiger partial charge in [-0.05, 0) is 12.0 Å². The summed E-state index contributed by atoms with van der Waals surface area (Å²) < 4.78 is 23.3. The minimum Gasteiger partial charge on any atom is -0.205 e. The quantitative estimate of drug-likeness (QED) is 0.492. The molecule has 0 saturated heterocycles. The van der Waals surface area contributed by atoms with Gasteiger partial charge in [0.05, 0.1) is 0 Å². The third kappa shape index (κ3) is 0.941. The lowest BCUT2D eigenvalue weighted by atomic mass is 10.2. The summed E-state index contributed by atoms with van der Waals surface area (Å²) in [5, 5.41) is 0. The van der Waals surface area contributed by atoms with E-state index in [4.69, 9.17) is 0 Å². The standard InChI is InChI=1S/C6H6F2/c7-6(8)5-3-1-2-4-5/h1-3,6H,4H2. The van der Waals surface area contributed by atoms with Crippen molar-refractivity contribution in [1.29, 1.82) is 0 Å². The molecule has 0 aromatic carbocycles. The summed E-state index contributed by atoms with van der Waals surface area (Å²) in [5.41, 5.74) is 0.227. The Morgan fingerprint density at radius 1 is 1.50 bits per heavy atom. The van der Waals surface area contributed by atoms with Gasteiger partial charge in [0, 0.05) is 0 Å². The number of hydrogen-bond acceptors (Lipinski definition) is 0. The molecule has 0 fully saturated rings. The molecule has 0 nitrogen and oxygen atoms in total. The van der Waals surface area contributed by atoms with Gasteiger partial charge >= 0.3 is 0 Å². The van der Waals surface area contributed by atoms with Crippen molar-refractivity contribution in [3.63, 3.8) is 0 Å². The lowest BCUT2D eigenvalue weighted by Crippen LogP contribution is -1.91. The topological polar surface area (TPSA) is 0 Å². The molecule has 44 valence electrons. The summed E-state index contributed by atoms with van der Waals surface area (Å²) in [6.45, 7) is 0. The third-order valence-corrected chi connectivity index (χ3v) is 1.08. The molecule has 0 unspecified atom stereocenters. The molecule has 0 atom stereocenters. The molecule has 0 heterocycles. The van der Waals surface area contributed by atoms with E-state index in [2.05, 4.69) is 0 Å². The maximum Gasteiger partial charge on any atom is 0.260 e. The Kier molecular flexibility index (Phi) is 1.42. The molecule has 0 radical (unpaired) electrons. The van der Waals surface area contributed by atoms with E-state index in [1.807, 2.05) is 0 Å². The molecule has 2 heteroatoms. The minimum absolute atomic E-state index is 0.227. The van der Waals surface area contributed by atoms with Crippen molar-refractivity contribution in [2.45, 2.75) is 12.8 Å². The van der Waals surface area contributed by atoms with Crippen LogP contribution in [0.4, 0.5) is 8.78 Å². The molecule has 0 amide bonds. The van der Waals surface area contributed by atoms with Gasteiger partial charge in [0.15, 0.2) is 0 Å². The van der Waals surface area contributed by atoms with Crippen LogP contribution < -0.4 is 0 Å². The van der Waals surface area contributed by atoms with Gasteiger partial charge in [0.2, 0.25) is 0 Å². The molecule has 8 heavy (non-hydrogen) atoms. The average molecular weight is 116 g/mol. The largest absolute Gasteiger partial charge is 0.260 e. The summed E-state index contributed by atoms with van der Waals surface area (Å²) in [7, 11) is 0. The minimum atomic E-state index is -2.26. The van der Waals surface area contributed by atoms with Crippen molar-refractivity contribution in [1.82, 2.24) is 0 Å². The lowest BCUT2D eigenvalue weighted by Gasteiger charge is -1.94.